The number of hydrogen-bond acceptors (Lipinski definition) is 4. The Hall–Kier alpha value is -1.89. The van der Waals surface area contributed by atoms with Gasteiger partial charge in [-0.05, 0) is 24.5 Å². The summed E-state index contributed by atoms with van der Waals surface area (Å²) in [4.78, 5) is 8.36. The van der Waals surface area contributed by atoms with Crippen LogP contribution in [0.25, 0.3) is 0 Å². The summed E-state index contributed by atoms with van der Waals surface area (Å²) >= 11 is 0. The van der Waals surface area contributed by atoms with Crippen molar-refractivity contribution in [3.8, 4) is 0 Å². The number of rotatable bonds is 5. The smallest absolute Gasteiger partial charge is 0.381 e. The Bertz CT molecular complexity index is 849. The molecule has 2 heterocycles. The number of aliphatic imine (C=N–C) groups is 1. The number of nitrogens with one attached hydrogen (secondary N) is 2. The van der Waals surface area contributed by atoms with Crippen LogP contribution >= 0.6 is 24.0 Å². The summed E-state index contributed by atoms with van der Waals surface area (Å²) in [6, 6.07) is 5.59. The second kappa shape index (κ2) is 10.4. The lowest BCUT2D eigenvalue weighted by atomic mass is 9.73. The van der Waals surface area contributed by atoms with E-state index in [9.17, 15) is 13.2 Å². The Morgan fingerprint density at radius 1 is 1.27 bits per heavy atom. The molecular weight excluding hydrogens is 512 g/mol. The van der Waals surface area contributed by atoms with Gasteiger partial charge in [-0.2, -0.15) is 18.3 Å². The zero-order valence-electron chi connectivity index (χ0n) is 16.9. The molecule has 0 bridgehead atoms. The molecule has 0 saturated carbocycles. The SMILES string of the molecule is CN=C(NCc1ncnn1C)NCC1(c2cccc(C(F)(F)F)c2)CCOCC1.I. The largest absolute Gasteiger partial charge is 0.416 e. The summed E-state index contributed by atoms with van der Waals surface area (Å²) in [7, 11) is 3.44. The van der Waals surface area contributed by atoms with E-state index >= 15 is 0 Å². The Labute approximate surface area is 190 Å². The van der Waals surface area contributed by atoms with Crippen LogP contribution in [0.1, 0.15) is 29.8 Å². The number of aryl methyl sites for hydroxylation is 1. The normalized spacial score (nSPS) is 16.6. The minimum atomic E-state index is -4.37. The fraction of sp³-hybridized carbons (Fsp3) is 0.526. The van der Waals surface area contributed by atoms with Crippen molar-refractivity contribution in [1.82, 2.24) is 25.4 Å². The van der Waals surface area contributed by atoms with Gasteiger partial charge in [-0.3, -0.25) is 9.67 Å². The minimum Gasteiger partial charge on any atom is -0.381 e. The van der Waals surface area contributed by atoms with E-state index in [1.54, 1.807) is 24.8 Å². The second-order valence-corrected chi connectivity index (χ2v) is 7.05. The average Bonchev–Trinajstić information content (AvgIpc) is 3.13. The summed E-state index contributed by atoms with van der Waals surface area (Å²) in [6.45, 7) is 1.87. The highest BCUT2D eigenvalue weighted by atomic mass is 127. The third-order valence-electron chi connectivity index (χ3n) is 5.29. The maximum atomic E-state index is 13.2. The van der Waals surface area contributed by atoms with Gasteiger partial charge < -0.3 is 15.4 Å². The molecule has 30 heavy (non-hydrogen) atoms. The maximum Gasteiger partial charge on any atom is 0.416 e. The predicted molar refractivity (Wildman–Crippen MR) is 118 cm³/mol. The van der Waals surface area contributed by atoms with Crippen molar-refractivity contribution in [2.75, 3.05) is 26.8 Å². The molecular formula is C19H26F3IN6O. The Morgan fingerprint density at radius 3 is 2.60 bits per heavy atom. The van der Waals surface area contributed by atoms with E-state index in [0.29, 0.717) is 50.7 Å². The highest BCUT2D eigenvalue weighted by Crippen LogP contribution is 2.37. The third-order valence-corrected chi connectivity index (χ3v) is 5.29. The fourth-order valence-electron chi connectivity index (χ4n) is 3.47. The summed E-state index contributed by atoms with van der Waals surface area (Å²) in [5.41, 5.74) is -0.445. The molecule has 1 aliphatic rings. The first kappa shape index (κ1) is 24.4. The monoisotopic (exact) mass is 538 g/mol. The van der Waals surface area contributed by atoms with Crippen molar-refractivity contribution in [2.24, 2.45) is 12.0 Å². The van der Waals surface area contributed by atoms with Gasteiger partial charge in [-0.25, -0.2) is 4.98 Å². The van der Waals surface area contributed by atoms with Crippen LogP contribution in [0.5, 0.6) is 0 Å². The van der Waals surface area contributed by atoms with Crippen molar-refractivity contribution in [2.45, 2.75) is 31.0 Å². The lowest BCUT2D eigenvalue weighted by Crippen LogP contribution is -2.48. The molecule has 1 aromatic carbocycles. The van der Waals surface area contributed by atoms with E-state index in [2.05, 4.69) is 25.7 Å². The van der Waals surface area contributed by atoms with Gasteiger partial charge >= 0.3 is 6.18 Å². The van der Waals surface area contributed by atoms with E-state index in [-0.39, 0.29) is 24.0 Å². The molecule has 1 fully saturated rings. The molecule has 0 spiro atoms. The second-order valence-electron chi connectivity index (χ2n) is 7.05. The summed E-state index contributed by atoms with van der Waals surface area (Å²) < 4.78 is 46.8. The van der Waals surface area contributed by atoms with Gasteiger partial charge in [0.25, 0.3) is 0 Å². The van der Waals surface area contributed by atoms with Crippen LogP contribution in [0.2, 0.25) is 0 Å². The first-order chi connectivity index (χ1) is 13.8. The Balaban J connectivity index is 0.00000320. The van der Waals surface area contributed by atoms with E-state index in [1.807, 2.05) is 0 Å². The number of aromatic nitrogens is 3. The Kier molecular flexibility index (Phi) is 8.47. The molecule has 1 aliphatic heterocycles. The van der Waals surface area contributed by atoms with Crippen molar-refractivity contribution >= 4 is 29.9 Å². The zero-order valence-corrected chi connectivity index (χ0v) is 19.2. The van der Waals surface area contributed by atoms with E-state index in [4.69, 9.17) is 4.74 Å². The molecule has 11 heteroatoms. The number of benzene rings is 1. The first-order valence-corrected chi connectivity index (χ1v) is 9.37. The average molecular weight is 538 g/mol. The summed E-state index contributed by atoms with van der Waals surface area (Å²) in [5.74, 6) is 1.29. The number of halogens is 4. The molecule has 0 atom stereocenters. The highest BCUT2D eigenvalue weighted by Gasteiger charge is 2.37. The molecule has 3 rings (SSSR count). The molecule has 2 N–H and O–H groups in total. The number of nitrogens with zero attached hydrogens (tertiary/aromatic N) is 4. The van der Waals surface area contributed by atoms with Crippen LogP contribution in [0.4, 0.5) is 13.2 Å². The van der Waals surface area contributed by atoms with Crippen molar-refractivity contribution in [3.05, 3.63) is 47.5 Å². The van der Waals surface area contributed by atoms with Crippen molar-refractivity contribution in [1.29, 1.82) is 0 Å². The molecule has 7 nitrogen and oxygen atoms in total. The zero-order chi connectivity index (χ0) is 20.9. The highest BCUT2D eigenvalue weighted by molar-refractivity contribution is 14.0. The van der Waals surface area contributed by atoms with Gasteiger partial charge in [-0.15, -0.1) is 24.0 Å². The van der Waals surface area contributed by atoms with Gasteiger partial charge in [0.2, 0.25) is 0 Å². The van der Waals surface area contributed by atoms with Crippen LogP contribution in [-0.4, -0.2) is 47.5 Å². The molecule has 1 saturated heterocycles. The quantitative estimate of drug-likeness (QED) is 0.348. The number of guanidine groups is 1. The lowest BCUT2D eigenvalue weighted by molar-refractivity contribution is -0.137. The van der Waals surface area contributed by atoms with Gasteiger partial charge in [0.1, 0.15) is 12.2 Å². The van der Waals surface area contributed by atoms with Gasteiger partial charge in [0, 0.05) is 39.3 Å². The minimum absolute atomic E-state index is 0. The molecule has 0 radical (unpaired) electrons. The molecule has 2 aromatic rings. The maximum absolute atomic E-state index is 13.2. The topological polar surface area (TPSA) is 76.4 Å². The standard InChI is InChI=1S/C19H25F3N6O.HI/c1-23-17(24-11-16-26-13-27-28(16)2)25-12-18(6-8-29-9-7-18)14-4-3-5-15(10-14)19(20,21)22;/h3-5,10,13H,6-9,11-12H2,1-2H3,(H2,23,24,25);1H. The van der Waals surface area contributed by atoms with Crippen LogP contribution in [0, 0.1) is 0 Å². The third kappa shape index (κ3) is 5.84. The van der Waals surface area contributed by atoms with Crippen LogP contribution in [0.15, 0.2) is 35.6 Å². The first-order valence-electron chi connectivity index (χ1n) is 9.37. The van der Waals surface area contributed by atoms with Gasteiger partial charge in [-0.1, -0.05) is 18.2 Å². The summed E-state index contributed by atoms with van der Waals surface area (Å²) in [6.07, 6.45) is -1.65. The summed E-state index contributed by atoms with van der Waals surface area (Å²) in [5, 5.41) is 10.4. The lowest BCUT2D eigenvalue weighted by Gasteiger charge is -2.38. The Morgan fingerprint density at radius 2 is 2.00 bits per heavy atom. The van der Waals surface area contributed by atoms with Gasteiger partial charge in [0.15, 0.2) is 5.96 Å². The van der Waals surface area contributed by atoms with E-state index in [1.165, 1.54) is 18.5 Å². The molecule has 0 amide bonds. The molecule has 1 aromatic heterocycles. The number of ether oxygens (including phenoxy) is 1. The van der Waals surface area contributed by atoms with Crippen LogP contribution in [-0.2, 0) is 29.9 Å². The fourth-order valence-corrected chi connectivity index (χ4v) is 3.47. The van der Waals surface area contributed by atoms with Crippen LogP contribution in [0.3, 0.4) is 0 Å². The predicted octanol–water partition coefficient (Wildman–Crippen LogP) is 2.87. The van der Waals surface area contributed by atoms with E-state index in [0.717, 1.165) is 11.9 Å². The van der Waals surface area contributed by atoms with Crippen molar-refractivity contribution in [3.63, 3.8) is 0 Å². The molecule has 0 aliphatic carbocycles. The van der Waals surface area contributed by atoms with E-state index < -0.39 is 17.2 Å². The molecule has 0 unspecified atom stereocenters. The molecule has 166 valence electrons. The van der Waals surface area contributed by atoms with Crippen molar-refractivity contribution < 1.29 is 17.9 Å². The number of alkyl halides is 3. The number of hydrogen-bond donors (Lipinski definition) is 2. The van der Waals surface area contributed by atoms with Gasteiger partial charge in [0.05, 0.1) is 12.1 Å². The van der Waals surface area contributed by atoms with Crippen LogP contribution < -0.4 is 10.6 Å².